The van der Waals surface area contributed by atoms with Gasteiger partial charge in [0.1, 0.15) is 22.3 Å². The Morgan fingerprint density at radius 2 is 0.567 bits per heavy atom. The number of para-hydroxylation sites is 2. The lowest BCUT2D eigenvalue weighted by Gasteiger charge is -2.26. The lowest BCUT2D eigenvalue weighted by molar-refractivity contribution is 0.662. The Morgan fingerprint density at radius 3 is 1.02 bits per heavy atom. The fraction of sp³-hybridized carbons (Fsp3) is 0.0682. The van der Waals surface area contributed by atoms with E-state index in [-0.39, 0.29) is 0 Å². The van der Waals surface area contributed by atoms with Gasteiger partial charge in [-0.25, -0.2) is 0 Å². The molecule has 2 aromatic heterocycles. The Balaban J connectivity index is 0.000000196. The SMILES string of the molecule is [2H]c1c([2H])c([2H])c2c(c1[2H])-c1c([2H])c([2H])c([2H])c(-c3c4c([2H])c([2H])c([2H])c([2H])c4c(-c4c([2H])c([2H])c5oc6c([2H])c([2H])c([2H])c([2H])c6c5c4[2H])c4c([2H])c([2H])c([2H])c([2H])c34)c1C2(C([2H])([2H])[2H])C([2H])([2H])[2H].[2H]c1cc(-c2c([2H])c([2H])c(-c3c4c([2H])c([2H])c([2H])c([2H])c4c(-c4c([2H])c([2H])c5oc6c([2H])c([2H])c([2H])c([2H])c6c5c4[2H])c4c([2H])c([2H])c([2H])c([2H])c34)c([2H])c2[2H])c2c(c1[2H])-c1c([2H])c([2H])c([2H])c([2H])c1C2(C([2H])([2H])[2H])C([2H])([2H])[2H]. The maximum Gasteiger partial charge on any atom is 0.135 e. The summed E-state index contributed by atoms with van der Waals surface area (Å²) in [4.78, 5) is 0. The van der Waals surface area contributed by atoms with Gasteiger partial charge >= 0.3 is 0 Å². The fourth-order valence-corrected chi connectivity index (χ4v) is 11.9. The molecule has 0 saturated carbocycles. The highest BCUT2D eigenvalue weighted by molar-refractivity contribution is 6.24. The molecule has 19 rings (SSSR count). The highest BCUT2D eigenvalue weighted by atomic mass is 16.3. The van der Waals surface area contributed by atoms with Crippen LogP contribution in [-0.2, 0) is 10.8 Å². The van der Waals surface area contributed by atoms with Crippen molar-refractivity contribution >= 4 is 87.0 Å². The predicted molar refractivity (Wildman–Crippen MR) is 380 cm³/mol. The van der Waals surface area contributed by atoms with Gasteiger partial charge < -0.3 is 8.83 Å². The second-order valence-corrected chi connectivity index (χ2v) is 20.3. The third kappa shape index (κ3) is 7.64. The molecule has 2 heteroatoms. The Morgan fingerprint density at radius 1 is 0.244 bits per heavy atom. The standard InChI is InChI=1S/C47H32O.C41H28O/c1-47(2)41-20-9-7-12-33(41)39-19-11-18-32(46(39)47)29-22-24-30(25-23-29)44-35-14-3-5-16-37(35)45(38-17-6-4-15-36(38)44)31-26-27-43-40(28-31)34-13-8-10-21-42(34)48-43;1-41(2)35-20-9-7-12-26(35)32-18-11-19-33(40(32)41)39-30-16-5-3-14-28(30)38(29-15-4-6-17-31(29)39)25-22-23-37-34(24-25)27-13-8-10-21-36(27)42-37/h3-28H,1-2H3;3-24H,1-2H3/i1D3,2D3,3D,4D,5D,6D,7D,8D,9D,10D,11D,12D,13D,14D,15D,16D,17D,19D,20D,21D,22D,23D,24D,25D,26D,27D,28D;1D3,2D3,3D,4D,5D,6D,7D,8D,9D,10D,11D,12D,13D,14D,15D,16D,17D,18D,19D,20D,21D,22D,23D,24D. The number of benzene rings is 15. The molecular weight excluding hydrogens is 1090 g/mol. The smallest absolute Gasteiger partial charge is 0.135 e. The Labute approximate surface area is 605 Å². The summed E-state index contributed by atoms with van der Waals surface area (Å²) >= 11 is 0. The quantitative estimate of drug-likeness (QED) is 0.161. The largest absolute Gasteiger partial charge is 0.456 e. The van der Waals surface area contributed by atoms with Gasteiger partial charge in [0, 0.05) is 48.8 Å². The highest BCUT2D eigenvalue weighted by Crippen LogP contribution is 2.56. The molecule has 2 aliphatic rings. The molecule has 2 aliphatic carbocycles. The maximum absolute atomic E-state index is 9.73. The Hall–Kier alpha value is -11.1. The summed E-state index contributed by atoms with van der Waals surface area (Å²) in [5, 5.41) is -8.67. The molecule has 0 N–H and O–H groups in total. The van der Waals surface area contributed by atoms with Gasteiger partial charge in [-0.2, -0.15) is 0 Å². The zero-order chi connectivity index (χ0) is 111. The summed E-state index contributed by atoms with van der Waals surface area (Å²) in [7, 11) is 0. The summed E-state index contributed by atoms with van der Waals surface area (Å²) in [5.41, 5.74) is -26.1. The molecule has 2 heterocycles. The lowest BCUT2D eigenvalue weighted by Crippen LogP contribution is -2.16. The molecule has 0 fully saturated rings. The van der Waals surface area contributed by atoms with Gasteiger partial charge in [-0.05, 0) is 179 Å². The van der Waals surface area contributed by atoms with Crippen molar-refractivity contribution in [2.45, 2.75) is 38.2 Å². The summed E-state index contributed by atoms with van der Waals surface area (Å²) in [6.45, 7) is -15.7. The molecule has 424 valence electrons. The van der Waals surface area contributed by atoms with E-state index >= 15 is 0 Å². The zero-order valence-electron chi connectivity index (χ0n) is 104. The van der Waals surface area contributed by atoms with Crippen LogP contribution in [-0.4, -0.2) is 0 Å². The minimum Gasteiger partial charge on any atom is -0.456 e. The number of hydrogen-bond acceptors (Lipinski definition) is 2. The minimum atomic E-state index is -3.97. The zero-order valence-corrected chi connectivity index (χ0v) is 44.9. The monoisotopic (exact) mass is 1210 g/mol. The van der Waals surface area contributed by atoms with E-state index in [9.17, 15) is 24.7 Å². The van der Waals surface area contributed by atoms with E-state index in [1.165, 1.54) is 0 Å². The average Bonchev–Trinajstić information content (AvgIpc) is 1.49. The van der Waals surface area contributed by atoms with Crippen LogP contribution in [0.15, 0.2) is 299 Å². The molecule has 2 nitrogen and oxygen atoms in total. The van der Waals surface area contributed by atoms with Crippen molar-refractivity contribution in [3.05, 3.63) is 312 Å². The number of rotatable bonds is 5. The summed E-state index contributed by atoms with van der Waals surface area (Å²) in [5.74, 6) is 0. The molecule has 0 spiro atoms. The topological polar surface area (TPSA) is 26.3 Å². The summed E-state index contributed by atoms with van der Waals surface area (Å²) < 4.78 is 544. The minimum absolute atomic E-state index is 0.458. The molecule has 0 amide bonds. The van der Waals surface area contributed by atoms with Crippen LogP contribution >= 0.6 is 0 Å². The molecule has 0 aliphatic heterocycles. The van der Waals surface area contributed by atoms with E-state index in [0.717, 1.165) is 0 Å². The van der Waals surface area contributed by atoms with E-state index in [0.29, 0.717) is 6.07 Å². The van der Waals surface area contributed by atoms with E-state index < -0.39 is 509 Å². The van der Waals surface area contributed by atoms with Crippen molar-refractivity contribution in [2.75, 3.05) is 0 Å². The van der Waals surface area contributed by atoms with Gasteiger partial charge in [-0.15, -0.1) is 0 Å². The van der Waals surface area contributed by atoms with Gasteiger partial charge in [-0.3, -0.25) is 0 Å². The molecule has 17 aromatic rings. The molecule has 0 unspecified atom stereocenters. The number of furan rings is 2. The van der Waals surface area contributed by atoms with Gasteiger partial charge in [0.05, 0.1) is 64.4 Å². The fourth-order valence-electron chi connectivity index (χ4n) is 11.9. The van der Waals surface area contributed by atoms with Crippen molar-refractivity contribution < 1.29 is 89.7 Å². The Bertz CT molecular complexity index is 9050. The first kappa shape index (κ1) is 20.0. The summed E-state index contributed by atoms with van der Waals surface area (Å²) in [6, 6.07) is -47.0. The lowest BCUT2D eigenvalue weighted by atomic mass is 9.77. The van der Waals surface area contributed by atoms with Gasteiger partial charge in [0.15, 0.2) is 0 Å². The van der Waals surface area contributed by atoms with Crippen molar-refractivity contribution in [1.29, 1.82) is 0 Å². The van der Waals surface area contributed by atoms with Crippen LogP contribution < -0.4 is 0 Å². The van der Waals surface area contributed by atoms with E-state index in [4.69, 9.17) is 65.0 Å². The van der Waals surface area contributed by atoms with Crippen LogP contribution in [0.25, 0.3) is 165 Å². The molecule has 0 atom stereocenters. The van der Waals surface area contributed by atoms with E-state index in [2.05, 4.69) is 0 Å². The predicted octanol–water partition coefficient (Wildman–Crippen LogP) is 24.7. The van der Waals surface area contributed by atoms with Crippen LogP contribution in [0.2, 0.25) is 0 Å². The van der Waals surface area contributed by atoms with Crippen molar-refractivity contribution in [3.63, 3.8) is 0 Å². The molecule has 0 radical (unpaired) electrons. The summed E-state index contributed by atoms with van der Waals surface area (Å²) in [6.07, 6.45) is 0. The maximum atomic E-state index is 9.73. The Kier molecular flexibility index (Phi) is 4.38. The van der Waals surface area contributed by atoms with Crippen LogP contribution in [0.5, 0.6) is 0 Å². The molecule has 0 saturated heterocycles. The van der Waals surface area contributed by atoms with Crippen molar-refractivity contribution in [1.82, 2.24) is 0 Å². The first-order chi connectivity index (χ1) is 68.7. The highest BCUT2D eigenvalue weighted by Gasteiger charge is 2.39. The van der Waals surface area contributed by atoms with E-state index in [1.54, 1.807) is 0 Å². The van der Waals surface area contributed by atoms with Gasteiger partial charge in [0.2, 0.25) is 0 Å². The second-order valence-electron chi connectivity index (χ2n) is 20.3. The number of fused-ring (bicyclic) bond motifs is 16. The normalized spacial score (nSPS) is 23.4. The van der Waals surface area contributed by atoms with Crippen LogP contribution in [0.4, 0.5) is 0 Å². The number of hydrogen-bond donors (Lipinski definition) is 0. The molecule has 15 aromatic carbocycles. The molecule has 90 heavy (non-hydrogen) atoms. The van der Waals surface area contributed by atoms with Crippen LogP contribution in [0.3, 0.4) is 0 Å². The first-order valence-electron chi connectivity index (χ1n) is 56.1. The third-order valence-corrected chi connectivity index (χ3v) is 15.6. The first-order valence-corrected chi connectivity index (χ1v) is 26.6. The van der Waals surface area contributed by atoms with Gasteiger partial charge in [0.25, 0.3) is 0 Å². The van der Waals surface area contributed by atoms with Crippen LogP contribution in [0.1, 0.15) is 131 Å². The average molecular weight is 1210 g/mol. The van der Waals surface area contributed by atoms with Gasteiger partial charge in [-0.1, -0.05) is 281 Å². The van der Waals surface area contributed by atoms with Crippen LogP contribution in [0, 0.1) is 0 Å². The third-order valence-electron chi connectivity index (χ3n) is 15.6. The van der Waals surface area contributed by atoms with E-state index in [1.807, 2.05) is 0 Å². The molecule has 0 bridgehead atoms. The molecular formula is C88H60O2. The second kappa shape index (κ2) is 19.7. The van der Waals surface area contributed by atoms with Crippen molar-refractivity contribution in [2.24, 2.45) is 0 Å². The van der Waals surface area contributed by atoms with Crippen molar-refractivity contribution in [3.8, 4) is 77.9 Å².